The van der Waals surface area contributed by atoms with Crippen LogP contribution in [0.1, 0.15) is 0 Å². The van der Waals surface area contributed by atoms with E-state index in [1.54, 1.807) is 24.3 Å². The van der Waals surface area contributed by atoms with Gasteiger partial charge in [-0.3, -0.25) is 0 Å². The van der Waals surface area contributed by atoms with Crippen LogP contribution in [-0.2, 0) is 9.84 Å². The summed E-state index contributed by atoms with van der Waals surface area (Å²) in [6.07, 6.45) is 3.01. The van der Waals surface area contributed by atoms with Crippen LogP contribution in [0.4, 0.5) is 5.82 Å². The van der Waals surface area contributed by atoms with E-state index in [1.165, 1.54) is 18.0 Å². The molecule has 2 aromatic rings. The van der Waals surface area contributed by atoms with Crippen LogP contribution in [0.3, 0.4) is 0 Å². The molecule has 96 valence electrons. The van der Waals surface area contributed by atoms with Crippen molar-refractivity contribution in [2.24, 2.45) is 0 Å². The lowest BCUT2D eigenvalue weighted by atomic mass is 10.2. The Labute approximate surface area is 109 Å². The first kappa shape index (κ1) is 13.0. The number of hydrogen-bond donors (Lipinski definition) is 1. The number of hydrogen-bond acceptors (Lipinski definition) is 6. The average Bonchev–Trinajstić information content (AvgIpc) is 2.74. The van der Waals surface area contributed by atoms with Gasteiger partial charge in [0, 0.05) is 22.8 Å². The summed E-state index contributed by atoms with van der Waals surface area (Å²) < 4.78 is 28.4. The van der Waals surface area contributed by atoms with Crippen molar-refractivity contribution < 1.29 is 12.9 Å². The maximum absolute atomic E-state index is 11.7. The second-order valence-corrected chi connectivity index (χ2v) is 6.59. The van der Waals surface area contributed by atoms with Gasteiger partial charge in [0.15, 0.2) is 21.4 Å². The monoisotopic (exact) mass is 284 g/mol. The zero-order valence-corrected chi connectivity index (χ0v) is 11.5. The highest BCUT2D eigenvalue weighted by atomic mass is 32.2. The molecule has 0 unspecified atom stereocenters. The van der Waals surface area contributed by atoms with Crippen LogP contribution in [0.25, 0.3) is 11.3 Å². The largest absolute Gasteiger partial charge is 0.381 e. The van der Waals surface area contributed by atoms with Gasteiger partial charge in [-0.05, 0) is 24.5 Å². The minimum absolute atomic E-state index is 0.264. The van der Waals surface area contributed by atoms with Gasteiger partial charge in [0.25, 0.3) is 0 Å². The van der Waals surface area contributed by atoms with E-state index in [-0.39, 0.29) is 10.7 Å². The van der Waals surface area contributed by atoms with Crippen molar-refractivity contribution in [1.82, 2.24) is 5.16 Å². The summed E-state index contributed by atoms with van der Waals surface area (Å²) in [6, 6.07) is 6.65. The topological polar surface area (TPSA) is 86.2 Å². The number of aromatic nitrogens is 1. The third-order valence-electron chi connectivity index (χ3n) is 2.38. The van der Waals surface area contributed by atoms with Gasteiger partial charge in [-0.2, -0.15) is 0 Å². The van der Waals surface area contributed by atoms with E-state index in [0.29, 0.717) is 16.2 Å². The van der Waals surface area contributed by atoms with Crippen molar-refractivity contribution in [1.29, 1.82) is 0 Å². The fraction of sp³-hybridized carbons (Fsp3) is 0.182. The summed E-state index contributed by atoms with van der Waals surface area (Å²) in [5.41, 5.74) is 6.11. The van der Waals surface area contributed by atoms with E-state index in [2.05, 4.69) is 5.16 Å². The maximum Gasteiger partial charge on any atom is 0.176 e. The highest BCUT2D eigenvalue weighted by Gasteiger charge is 2.15. The number of thioether (sulfide) groups is 1. The van der Waals surface area contributed by atoms with Gasteiger partial charge in [-0.25, -0.2) is 8.42 Å². The predicted molar refractivity (Wildman–Crippen MR) is 71.2 cm³/mol. The fourth-order valence-electron chi connectivity index (χ4n) is 1.54. The molecule has 0 radical (unpaired) electrons. The molecule has 0 atom stereocenters. The summed E-state index contributed by atoms with van der Waals surface area (Å²) in [4.78, 5) is 0.983. The van der Waals surface area contributed by atoms with Crippen LogP contribution in [-0.4, -0.2) is 26.1 Å². The summed E-state index contributed by atoms with van der Waals surface area (Å²) >= 11 is 1.38. The molecule has 2 rings (SSSR count). The standard InChI is InChI=1S/C11H12N2O3S2/c1-17-9-4-3-7(5-10(9)18(2,14)15)8-6-11(12)13-16-8/h3-6H,1-2H3,(H2,12,13). The quantitative estimate of drug-likeness (QED) is 0.868. The molecule has 0 fully saturated rings. The van der Waals surface area contributed by atoms with Crippen molar-refractivity contribution >= 4 is 27.4 Å². The summed E-state index contributed by atoms with van der Waals surface area (Å²) in [5.74, 6) is 0.713. The third-order valence-corrected chi connectivity index (χ3v) is 4.44. The van der Waals surface area contributed by atoms with Gasteiger partial charge in [-0.15, -0.1) is 11.8 Å². The Morgan fingerprint density at radius 2 is 2.06 bits per heavy atom. The lowest BCUT2D eigenvalue weighted by molar-refractivity contribution is 0.435. The average molecular weight is 284 g/mol. The van der Waals surface area contributed by atoms with Crippen molar-refractivity contribution in [3.05, 3.63) is 24.3 Å². The molecule has 1 aromatic carbocycles. The molecular formula is C11H12N2O3S2. The summed E-state index contributed by atoms with van der Waals surface area (Å²) in [6.45, 7) is 0. The molecule has 0 aliphatic rings. The second kappa shape index (κ2) is 4.66. The van der Waals surface area contributed by atoms with Crippen molar-refractivity contribution in [3.8, 4) is 11.3 Å². The second-order valence-electron chi connectivity index (χ2n) is 3.75. The summed E-state index contributed by atoms with van der Waals surface area (Å²) in [7, 11) is -3.28. The SMILES string of the molecule is CSc1ccc(-c2cc(N)no2)cc1S(C)(=O)=O. The maximum atomic E-state index is 11.7. The Kier molecular flexibility index (Phi) is 3.36. The minimum atomic E-state index is -3.28. The number of nitrogens with two attached hydrogens (primary N) is 1. The first-order valence-corrected chi connectivity index (χ1v) is 8.14. The van der Waals surface area contributed by atoms with Crippen molar-refractivity contribution in [2.45, 2.75) is 9.79 Å². The smallest absolute Gasteiger partial charge is 0.176 e. The van der Waals surface area contributed by atoms with Crippen molar-refractivity contribution in [2.75, 3.05) is 18.2 Å². The highest BCUT2D eigenvalue weighted by molar-refractivity contribution is 7.99. The molecule has 0 spiro atoms. The molecule has 7 heteroatoms. The highest BCUT2D eigenvalue weighted by Crippen LogP contribution is 2.30. The van der Waals surface area contributed by atoms with Gasteiger partial charge in [0.1, 0.15) is 0 Å². The van der Waals surface area contributed by atoms with Gasteiger partial charge in [0.05, 0.1) is 4.90 Å². The number of sulfone groups is 1. The predicted octanol–water partition coefficient (Wildman–Crippen LogP) is 2.05. The molecule has 0 saturated carbocycles. The third kappa shape index (κ3) is 2.51. The Morgan fingerprint density at radius 3 is 2.56 bits per heavy atom. The Morgan fingerprint density at radius 1 is 1.33 bits per heavy atom. The Bertz CT molecular complexity index is 677. The van der Waals surface area contributed by atoms with Crippen LogP contribution < -0.4 is 5.73 Å². The van der Waals surface area contributed by atoms with E-state index in [9.17, 15) is 8.42 Å². The molecule has 1 aromatic heterocycles. The number of rotatable bonds is 3. The normalized spacial score (nSPS) is 11.7. The van der Waals surface area contributed by atoms with Crippen LogP contribution in [0.5, 0.6) is 0 Å². The number of nitrogens with zero attached hydrogens (tertiary/aromatic N) is 1. The van der Waals surface area contributed by atoms with E-state index in [1.807, 2.05) is 6.26 Å². The first-order chi connectivity index (χ1) is 8.41. The number of benzene rings is 1. The van der Waals surface area contributed by atoms with Crippen LogP contribution in [0.15, 0.2) is 38.6 Å². The lowest BCUT2D eigenvalue weighted by Crippen LogP contribution is -1.99. The molecule has 0 bridgehead atoms. The zero-order valence-electron chi connectivity index (χ0n) is 9.88. The Balaban J connectivity index is 2.60. The number of anilines is 1. The summed E-state index contributed by atoms with van der Waals surface area (Å²) in [5, 5.41) is 3.58. The lowest BCUT2D eigenvalue weighted by Gasteiger charge is -2.06. The molecule has 0 saturated heterocycles. The molecule has 0 amide bonds. The van der Waals surface area contributed by atoms with Crippen LogP contribution in [0.2, 0.25) is 0 Å². The zero-order chi connectivity index (χ0) is 13.3. The molecule has 5 nitrogen and oxygen atoms in total. The van der Waals surface area contributed by atoms with E-state index < -0.39 is 9.84 Å². The molecule has 18 heavy (non-hydrogen) atoms. The molecular weight excluding hydrogens is 272 g/mol. The molecule has 2 N–H and O–H groups in total. The first-order valence-electron chi connectivity index (χ1n) is 5.02. The van der Waals surface area contributed by atoms with E-state index in [4.69, 9.17) is 10.3 Å². The van der Waals surface area contributed by atoms with E-state index >= 15 is 0 Å². The van der Waals surface area contributed by atoms with Gasteiger partial charge in [-0.1, -0.05) is 5.16 Å². The minimum Gasteiger partial charge on any atom is -0.381 e. The molecule has 1 heterocycles. The fourth-order valence-corrected chi connectivity index (χ4v) is 3.49. The van der Waals surface area contributed by atoms with Crippen LogP contribution in [0, 0.1) is 0 Å². The van der Waals surface area contributed by atoms with Gasteiger partial charge < -0.3 is 10.3 Å². The molecule has 0 aliphatic heterocycles. The Hall–Kier alpha value is -1.47. The number of nitrogen functional groups attached to an aromatic ring is 1. The van der Waals surface area contributed by atoms with Crippen molar-refractivity contribution in [3.63, 3.8) is 0 Å². The van der Waals surface area contributed by atoms with Gasteiger partial charge in [0.2, 0.25) is 0 Å². The van der Waals surface area contributed by atoms with Crippen LogP contribution >= 0.6 is 11.8 Å². The van der Waals surface area contributed by atoms with E-state index in [0.717, 1.165) is 0 Å². The molecule has 0 aliphatic carbocycles. The van der Waals surface area contributed by atoms with Gasteiger partial charge >= 0.3 is 0 Å².